The van der Waals surface area contributed by atoms with Crippen molar-refractivity contribution in [1.82, 2.24) is 24.9 Å². The second-order valence-electron chi connectivity index (χ2n) is 8.67. The molecule has 0 radical (unpaired) electrons. The van der Waals surface area contributed by atoms with Gasteiger partial charge < -0.3 is 19.1 Å². The number of methoxy groups -OCH3 is 1. The molecular formula is C23H31N5O4. The van der Waals surface area contributed by atoms with Gasteiger partial charge >= 0.3 is 0 Å². The van der Waals surface area contributed by atoms with Crippen molar-refractivity contribution in [2.24, 2.45) is 0 Å². The Balaban J connectivity index is 1.48. The smallest absolute Gasteiger partial charge is 0.276 e. The van der Waals surface area contributed by atoms with Crippen LogP contribution in [0.1, 0.15) is 81.7 Å². The first-order valence-corrected chi connectivity index (χ1v) is 11.4. The molecule has 4 rings (SSSR count). The number of nitrogens with zero attached hydrogens (tertiary/aromatic N) is 5. The van der Waals surface area contributed by atoms with E-state index in [-0.39, 0.29) is 24.3 Å². The molecule has 1 atom stereocenters. The van der Waals surface area contributed by atoms with E-state index in [1.807, 2.05) is 11.8 Å². The average Bonchev–Trinajstić information content (AvgIpc) is 3.19. The molecule has 0 aromatic carbocycles. The Bertz CT molecular complexity index is 983. The predicted octanol–water partition coefficient (Wildman–Crippen LogP) is 2.87. The average molecular weight is 442 g/mol. The molecule has 2 aromatic rings. The second-order valence-corrected chi connectivity index (χ2v) is 8.67. The first kappa shape index (κ1) is 22.4. The van der Waals surface area contributed by atoms with Gasteiger partial charge in [-0.3, -0.25) is 9.59 Å². The van der Waals surface area contributed by atoms with Gasteiger partial charge in [0.1, 0.15) is 11.6 Å². The summed E-state index contributed by atoms with van der Waals surface area (Å²) in [5.74, 6) is 1.15. The van der Waals surface area contributed by atoms with Gasteiger partial charge in [-0.15, -0.1) is 0 Å². The first-order chi connectivity index (χ1) is 15.5. The monoisotopic (exact) mass is 441 g/mol. The highest BCUT2D eigenvalue weighted by Gasteiger charge is 2.31. The second kappa shape index (κ2) is 9.77. The van der Waals surface area contributed by atoms with Crippen molar-refractivity contribution >= 4 is 11.8 Å². The summed E-state index contributed by atoms with van der Waals surface area (Å²) in [6.07, 6.45) is 6.68. The van der Waals surface area contributed by atoms with Crippen LogP contribution in [0.5, 0.6) is 0 Å². The molecule has 2 aliphatic heterocycles. The van der Waals surface area contributed by atoms with Crippen LogP contribution in [0.25, 0.3) is 0 Å². The van der Waals surface area contributed by atoms with Crippen LogP contribution >= 0.6 is 0 Å². The number of aryl methyl sites for hydroxylation is 2. The van der Waals surface area contributed by atoms with Gasteiger partial charge in [0.2, 0.25) is 0 Å². The number of hydrogen-bond acceptors (Lipinski definition) is 7. The van der Waals surface area contributed by atoms with E-state index in [0.717, 1.165) is 38.8 Å². The summed E-state index contributed by atoms with van der Waals surface area (Å²) in [7, 11) is 1.58. The third-order valence-corrected chi connectivity index (χ3v) is 6.42. The number of ether oxygens (including phenoxy) is 1. The molecule has 2 saturated heterocycles. The van der Waals surface area contributed by atoms with Crippen molar-refractivity contribution < 1.29 is 18.8 Å². The fourth-order valence-corrected chi connectivity index (χ4v) is 4.55. The molecule has 32 heavy (non-hydrogen) atoms. The zero-order chi connectivity index (χ0) is 22.7. The molecule has 0 saturated carbocycles. The van der Waals surface area contributed by atoms with Crippen LogP contribution in [-0.2, 0) is 11.3 Å². The SMILES string of the molecule is COCc1c(C(=O)N2CCCC(c3ncc(C(=O)N4CCCCC4)c(C)n3)C2)noc1C. The van der Waals surface area contributed by atoms with Crippen LogP contribution in [0, 0.1) is 13.8 Å². The summed E-state index contributed by atoms with van der Waals surface area (Å²) < 4.78 is 10.4. The molecular weight excluding hydrogens is 410 g/mol. The van der Waals surface area contributed by atoms with Gasteiger partial charge in [0.25, 0.3) is 11.8 Å². The molecule has 2 amide bonds. The summed E-state index contributed by atoms with van der Waals surface area (Å²) in [4.78, 5) is 38.9. The van der Waals surface area contributed by atoms with Crippen molar-refractivity contribution in [3.8, 4) is 0 Å². The van der Waals surface area contributed by atoms with E-state index in [0.29, 0.717) is 47.2 Å². The summed E-state index contributed by atoms with van der Waals surface area (Å²) in [6, 6.07) is 0. The lowest BCUT2D eigenvalue weighted by molar-refractivity contribution is 0.0689. The van der Waals surface area contributed by atoms with E-state index >= 15 is 0 Å². The molecule has 0 N–H and O–H groups in total. The molecule has 9 heteroatoms. The minimum atomic E-state index is -0.160. The summed E-state index contributed by atoms with van der Waals surface area (Å²) >= 11 is 0. The lowest BCUT2D eigenvalue weighted by Crippen LogP contribution is -2.40. The maximum atomic E-state index is 13.1. The fourth-order valence-electron chi connectivity index (χ4n) is 4.55. The summed E-state index contributed by atoms with van der Waals surface area (Å²) in [6.45, 7) is 6.68. The number of piperidine rings is 2. The van der Waals surface area contributed by atoms with E-state index in [9.17, 15) is 9.59 Å². The third-order valence-electron chi connectivity index (χ3n) is 6.42. The number of rotatable bonds is 5. The largest absolute Gasteiger partial charge is 0.380 e. The molecule has 172 valence electrons. The molecule has 0 spiro atoms. The summed E-state index contributed by atoms with van der Waals surface area (Å²) in [5.41, 5.74) is 2.27. The van der Waals surface area contributed by atoms with Crippen molar-refractivity contribution in [3.63, 3.8) is 0 Å². The highest BCUT2D eigenvalue weighted by molar-refractivity contribution is 5.95. The zero-order valence-electron chi connectivity index (χ0n) is 19.1. The van der Waals surface area contributed by atoms with Gasteiger partial charge in [0.05, 0.1) is 23.4 Å². The Kier molecular flexibility index (Phi) is 6.83. The Morgan fingerprint density at radius 1 is 1.09 bits per heavy atom. The quantitative estimate of drug-likeness (QED) is 0.703. The lowest BCUT2D eigenvalue weighted by Gasteiger charge is -2.32. The maximum absolute atomic E-state index is 13.1. The predicted molar refractivity (Wildman–Crippen MR) is 116 cm³/mol. The first-order valence-electron chi connectivity index (χ1n) is 11.4. The number of aromatic nitrogens is 3. The Labute approximate surface area is 188 Å². The molecule has 4 heterocycles. The zero-order valence-corrected chi connectivity index (χ0v) is 19.1. The molecule has 0 aliphatic carbocycles. The van der Waals surface area contributed by atoms with Crippen LogP contribution in [0.3, 0.4) is 0 Å². The molecule has 2 aliphatic rings. The van der Waals surface area contributed by atoms with E-state index in [1.165, 1.54) is 6.42 Å². The summed E-state index contributed by atoms with van der Waals surface area (Å²) in [5, 5.41) is 3.98. The molecule has 2 aromatic heterocycles. The van der Waals surface area contributed by atoms with E-state index in [1.54, 1.807) is 25.1 Å². The van der Waals surface area contributed by atoms with Crippen molar-refractivity contribution in [2.45, 2.75) is 58.5 Å². The van der Waals surface area contributed by atoms with E-state index in [2.05, 4.69) is 15.1 Å². The number of carbonyl (C=O) groups excluding carboxylic acids is 2. The number of amides is 2. The van der Waals surface area contributed by atoms with Gasteiger partial charge in [-0.25, -0.2) is 9.97 Å². The fraction of sp³-hybridized carbons (Fsp3) is 0.609. The van der Waals surface area contributed by atoms with Crippen LogP contribution in [0.2, 0.25) is 0 Å². The van der Waals surface area contributed by atoms with Gasteiger partial charge in [-0.2, -0.15) is 0 Å². The van der Waals surface area contributed by atoms with Crippen LogP contribution in [-0.4, -0.2) is 70.0 Å². The van der Waals surface area contributed by atoms with Gasteiger partial charge in [0, 0.05) is 45.4 Å². The van der Waals surface area contributed by atoms with Crippen molar-refractivity contribution in [2.75, 3.05) is 33.3 Å². The normalized spacial score (nSPS) is 19.3. The van der Waals surface area contributed by atoms with Gasteiger partial charge in [-0.05, 0) is 46.0 Å². The minimum Gasteiger partial charge on any atom is -0.380 e. The molecule has 2 fully saturated rings. The molecule has 9 nitrogen and oxygen atoms in total. The Morgan fingerprint density at radius 3 is 2.56 bits per heavy atom. The van der Waals surface area contributed by atoms with Gasteiger partial charge in [-0.1, -0.05) is 5.16 Å². The Morgan fingerprint density at radius 2 is 1.84 bits per heavy atom. The Hall–Kier alpha value is -2.81. The van der Waals surface area contributed by atoms with E-state index < -0.39 is 0 Å². The number of hydrogen-bond donors (Lipinski definition) is 0. The van der Waals surface area contributed by atoms with Crippen molar-refractivity contribution in [1.29, 1.82) is 0 Å². The highest BCUT2D eigenvalue weighted by atomic mass is 16.5. The maximum Gasteiger partial charge on any atom is 0.276 e. The minimum absolute atomic E-state index is 0.0151. The topological polar surface area (TPSA) is 102 Å². The van der Waals surface area contributed by atoms with Crippen molar-refractivity contribution in [3.05, 3.63) is 40.3 Å². The number of likely N-dealkylation sites (tertiary alicyclic amines) is 2. The van der Waals surface area contributed by atoms with Crippen LogP contribution in [0.15, 0.2) is 10.7 Å². The van der Waals surface area contributed by atoms with Gasteiger partial charge in [0.15, 0.2) is 5.69 Å². The van der Waals surface area contributed by atoms with Crippen LogP contribution in [0.4, 0.5) is 0 Å². The highest BCUT2D eigenvalue weighted by Crippen LogP contribution is 2.27. The standard InChI is InChI=1S/C23H31N5O4/c1-15-18(22(29)27-9-5-4-6-10-27)12-24-21(25-15)17-8-7-11-28(13-17)23(30)20-19(14-31-3)16(2)32-26-20/h12,17H,4-11,13-14H2,1-3H3. The molecule has 0 bridgehead atoms. The third kappa shape index (κ3) is 4.53. The van der Waals surface area contributed by atoms with Crippen LogP contribution < -0.4 is 0 Å². The van der Waals surface area contributed by atoms with E-state index in [4.69, 9.17) is 9.26 Å². The molecule has 1 unspecified atom stereocenters. The number of carbonyl (C=O) groups is 2. The lowest BCUT2D eigenvalue weighted by atomic mass is 9.96.